The van der Waals surface area contributed by atoms with Gasteiger partial charge in [-0.25, -0.2) is 0 Å². The maximum atomic E-state index is 12.3. The first-order valence-electron chi connectivity index (χ1n) is 7.75. The van der Waals surface area contributed by atoms with Gasteiger partial charge in [0.1, 0.15) is 5.69 Å². The number of carbonyl (C=O) groups excluding carboxylic acids is 1. The quantitative estimate of drug-likeness (QED) is 0.787. The summed E-state index contributed by atoms with van der Waals surface area (Å²) in [6.07, 6.45) is 5.81. The lowest BCUT2D eigenvalue weighted by molar-refractivity contribution is 0.0934. The number of aromatic nitrogens is 3. The van der Waals surface area contributed by atoms with Gasteiger partial charge in [-0.05, 0) is 49.7 Å². The Morgan fingerprint density at radius 2 is 1.96 bits per heavy atom. The Morgan fingerprint density at radius 3 is 2.65 bits per heavy atom. The zero-order chi connectivity index (χ0) is 16.2. The molecule has 0 bridgehead atoms. The van der Waals surface area contributed by atoms with Crippen LogP contribution in [-0.2, 0) is 6.54 Å². The van der Waals surface area contributed by atoms with Gasteiger partial charge in [-0.1, -0.05) is 12.1 Å². The maximum Gasteiger partial charge on any atom is 0.272 e. The number of aryl methyl sites for hydroxylation is 1. The standard InChI is InChI=1S/C18H20N4O/c1-3-22-12-9-17(20-22)18(23)19-14(2)15-7-6-8-16(13-15)21-10-4-5-11-21/h4-14H,3H2,1-2H3,(H,19,23). The van der Waals surface area contributed by atoms with E-state index in [1.54, 1.807) is 10.7 Å². The third-order valence-corrected chi connectivity index (χ3v) is 3.82. The minimum Gasteiger partial charge on any atom is -0.344 e. The van der Waals surface area contributed by atoms with Crippen molar-refractivity contribution in [2.24, 2.45) is 0 Å². The highest BCUT2D eigenvalue weighted by Crippen LogP contribution is 2.17. The number of benzene rings is 1. The van der Waals surface area contributed by atoms with E-state index in [-0.39, 0.29) is 11.9 Å². The topological polar surface area (TPSA) is 51.9 Å². The Kier molecular flexibility index (Phi) is 4.28. The van der Waals surface area contributed by atoms with Crippen LogP contribution < -0.4 is 5.32 Å². The van der Waals surface area contributed by atoms with Gasteiger partial charge < -0.3 is 9.88 Å². The molecule has 0 saturated carbocycles. The van der Waals surface area contributed by atoms with E-state index in [4.69, 9.17) is 0 Å². The number of amides is 1. The van der Waals surface area contributed by atoms with Crippen LogP contribution in [0.1, 0.15) is 35.9 Å². The van der Waals surface area contributed by atoms with Gasteiger partial charge in [-0.2, -0.15) is 5.10 Å². The molecule has 0 radical (unpaired) electrons. The molecule has 1 aromatic carbocycles. The van der Waals surface area contributed by atoms with Crippen molar-refractivity contribution in [1.29, 1.82) is 0 Å². The molecular formula is C18H20N4O. The molecule has 1 atom stereocenters. The second-order valence-corrected chi connectivity index (χ2v) is 5.44. The van der Waals surface area contributed by atoms with Crippen molar-refractivity contribution in [2.75, 3.05) is 0 Å². The molecule has 0 fully saturated rings. The summed E-state index contributed by atoms with van der Waals surface area (Å²) in [5.41, 5.74) is 2.57. The van der Waals surface area contributed by atoms with Gasteiger partial charge in [-0.15, -0.1) is 0 Å². The molecule has 3 aromatic rings. The smallest absolute Gasteiger partial charge is 0.272 e. The molecule has 0 aliphatic heterocycles. The molecule has 2 aromatic heterocycles. The highest BCUT2D eigenvalue weighted by Gasteiger charge is 2.14. The van der Waals surface area contributed by atoms with Crippen molar-refractivity contribution < 1.29 is 4.79 Å². The monoisotopic (exact) mass is 308 g/mol. The van der Waals surface area contributed by atoms with Crippen LogP contribution >= 0.6 is 0 Å². The number of hydrogen-bond acceptors (Lipinski definition) is 2. The molecule has 0 aliphatic carbocycles. The fourth-order valence-electron chi connectivity index (χ4n) is 2.47. The molecule has 0 aliphatic rings. The van der Waals surface area contributed by atoms with Crippen molar-refractivity contribution in [1.82, 2.24) is 19.7 Å². The Hall–Kier alpha value is -2.82. The lowest BCUT2D eigenvalue weighted by Crippen LogP contribution is -2.27. The summed E-state index contributed by atoms with van der Waals surface area (Å²) in [6.45, 7) is 4.72. The Balaban J connectivity index is 1.74. The summed E-state index contributed by atoms with van der Waals surface area (Å²) in [7, 11) is 0. The van der Waals surface area contributed by atoms with Crippen LogP contribution in [0.15, 0.2) is 61.1 Å². The zero-order valence-corrected chi connectivity index (χ0v) is 13.3. The van der Waals surface area contributed by atoms with Gasteiger partial charge in [0.15, 0.2) is 0 Å². The molecule has 0 saturated heterocycles. The SMILES string of the molecule is CCn1ccc(C(=O)NC(C)c2cccc(-n3cccc3)c2)n1. The Labute approximate surface area is 135 Å². The van der Waals surface area contributed by atoms with E-state index in [1.807, 2.05) is 67.3 Å². The van der Waals surface area contributed by atoms with E-state index < -0.39 is 0 Å². The lowest BCUT2D eigenvalue weighted by atomic mass is 10.1. The molecule has 5 heteroatoms. The highest BCUT2D eigenvalue weighted by molar-refractivity contribution is 5.92. The van der Waals surface area contributed by atoms with Crippen molar-refractivity contribution in [3.05, 3.63) is 72.3 Å². The number of rotatable bonds is 5. The second kappa shape index (κ2) is 6.52. The van der Waals surface area contributed by atoms with Crippen LogP contribution in [0, 0.1) is 0 Å². The van der Waals surface area contributed by atoms with Crippen LogP contribution in [0.2, 0.25) is 0 Å². The van der Waals surface area contributed by atoms with E-state index in [2.05, 4.69) is 16.5 Å². The van der Waals surface area contributed by atoms with Crippen molar-refractivity contribution in [3.63, 3.8) is 0 Å². The van der Waals surface area contributed by atoms with Crippen LogP contribution in [-0.4, -0.2) is 20.3 Å². The van der Waals surface area contributed by atoms with Gasteiger partial charge in [0.2, 0.25) is 0 Å². The highest BCUT2D eigenvalue weighted by atomic mass is 16.2. The van der Waals surface area contributed by atoms with Crippen LogP contribution in [0.3, 0.4) is 0 Å². The minimum absolute atomic E-state index is 0.0928. The lowest BCUT2D eigenvalue weighted by Gasteiger charge is -2.15. The number of hydrogen-bond donors (Lipinski definition) is 1. The van der Waals surface area contributed by atoms with Gasteiger partial charge >= 0.3 is 0 Å². The summed E-state index contributed by atoms with van der Waals surface area (Å²) in [5, 5.41) is 7.23. The fourth-order valence-corrected chi connectivity index (χ4v) is 2.47. The zero-order valence-electron chi connectivity index (χ0n) is 13.3. The number of nitrogens with zero attached hydrogens (tertiary/aromatic N) is 3. The van der Waals surface area contributed by atoms with Gasteiger partial charge in [0.25, 0.3) is 5.91 Å². The maximum absolute atomic E-state index is 12.3. The summed E-state index contributed by atoms with van der Waals surface area (Å²) in [5.74, 6) is -0.156. The fraction of sp³-hybridized carbons (Fsp3) is 0.222. The summed E-state index contributed by atoms with van der Waals surface area (Å²) in [4.78, 5) is 12.3. The molecule has 0 spiro atoms. The van der Waals surface area contributed by atoms with E-state index in [0.29, 0.717) is 5.69 Å². The first-order chi connectivity index (χ1) is 11.2. The van der Waals surface area contributed by atoms with E-state index in [9.17, 15) is 4.79 Å². The largest absolute Gasteiger partial charge is 0.344 e. The second-order valence-electron chi connectivity index (χ2n) is 5.44. The normalized spacial score (nSPS) is 12.1. The molecule has 1 N–H and O–H groups in total. The van der Waals surface area contributed by atoms with Crippen molar-refractivity contribution >= 4 is 5.91 Å². The summed E-state index contributed by atoms with van der Waals surface area (Å²) < 4.78 is 3.78. The molecule has 118 valence electrons. The molecule has 1 unspecified atom stereocenters. The molecule has 2 heterocycles. The minimum atomic E-state index is -0.156. The first kappa shape index (κ1) is 15.1. The molecule has 1 amide bonds. The molecule has 5 nitrogen and oxygen atoms in total. The predicted molar refractivity (Wildman–Crippen MR) is 89.6 cm³/mol. The third-order valence-electron chi connectivity index (χ3n) is 3.82. The molecule has 23 heavy (non-hydrogen) atoms. The predicted octanol–water partition coefficient (Wildman–Crippen LogP) is 3.18. The Bertz CT molecular complexity index is 789. The van der Waals surface area contributed by atoms with E-state index in [1.165, 1.54) is 0 Å². The van der Waals surface area contributed by atoms with Crippen LogP contribution in [0.25, 0.3) is 5.69 Å². The summed E-state index contributed by atoms with van der Waals surface area (Å²) >= 11 is 0. The number of nitrogens with one attached hydrogen (secondary N) is 1. The van der Waals surface area contributed by atoms with E-state index >= 15 is 0 Å². The third kappa shape index (κ3) is 3.34. The van der Waals surface area contributed by atoms with Gasteiger partial charge in [0.05, 0.1) is 6.04 Å². The van der Waals surface area contributed by atoms with Gasteiger partial charge in [0, 0.05) is 30.8 Å². The molecular weight excluding hydrogens is 288 g/mol. The molecule has 3 rings (SSSR count). The van der Waals surface area contributed by atoms with E-state index in [0.717, 1.165) is 17.8 Å². The average molecular weight is 308 g/mol. The first-order valence-corrected chi connectivity index (χ1v) is 7.75. The summed E-state index contributed by atoms with van der Waals surface area (Å²) in [6, 6.07) is 13.8. The van der Waals surface area contributed by atoms with Crippen LogP contribution in [0.5, 0.6) is 0 Å². The van der Waals surface area contributed by atoms with Crippen LogP contribution in [0.4, 0.5) is 0 Å². The number of carbonyl (C=O) groups is 1. The average Bonchev–Trinajstić information content (AvgIpc) is 3.26. The van der Waals surface area contributed by atoms with Crippen molar-refractivity contribution in [3.8, 4) is 5.69 Å². The van der Waals surface area contributed by atoms with Gasteiger partial charge in [-0.3, -0.25) is 9.48 Å². The van der Waals surface area contributed by atoms with Crippen molar-refractivity contribution in [2.45, 2.75) is 26.4 Å². The Morgan fingerprint density at radius 1 is 1.17 bits per heavy atom.